The van der Waals surface area contributed by atoms with Gasteiger partial charge in [0.2, 0.25) is 0 Å². The summed E-state index contributed by atoms with van der Waals surface area (Å²) in [4.78, 5) is 5.01. The van der Waals surface area contributed by atoms with Gasteiger partial charge < -0.3 is 9.64 Å². The zero-order valence-corrected chi connectivity index (χ0v) is 16.3. The second-order valence-corrected chi connectivity index (χ2v) is 7.27. The highest BCUT2D eigenvalue weighted by atomic mass is 35.5. The number of rotatable bonds is 4. The first-order valence-corrected chi connectivity index (χ1v) is 9.27. The van der Waals surface area contributed by atoms with Crippen molar-refractivity contribution < 1.29 is 4.74 Å². The van der Waals surface area contributed by atoms with Gasteiger partial charge in [-0.25, -0.2) is 0 Å². The molecule has 2 aromatic rings. The molecule has 1 saturated heterocycles. The molecule has 0 spiro atoms. The zero-order chi connectivity index (χ0) is 18.0. The van der Waals surface area contributed by atoms with Gasteiger partial charge in [0.15, 0.2) is 0 Å². The minimum Gasteiger partial charge on any atom is -0.496 e. The lowest BCUT2D eigenvalue weighted by atomic mass is 10.0. The van der Waals surface area contributed by atoms with E-state index in [0.29, 0.717) is 6.04 Å². The highest BCUT2D eigenvalue weighted by Gasteiger charge is 2.22. The third-order valence-electron chi connectivity index (χ3n) is 5.27. The van der Waals surface area contributed by atoms with Crippen LogP contribution in [0.2, 0.25) is 5.02 Å². The fraction of sp³-hybridized carbons (Fsp3) is 0.429. The predicted molar refractivity (Wildman–Crippen MR) is 106 cm³/mol. The Bertz CT molecular complexity index is 739. The van der Waals surface area contributed by atoms with Crippen LogP contribution in [0.4, 0.5) is 5.69 Å². The van der Waals surface area contributed by atoms with E-state index in [1.54, 1.807) is 7.11 Å². The Morgan fingerprint density at radius 2 is 1.68 bits per heavy atom. The normalized spacial score (nSPS) is 16.8. The van der Waals surface area contributed by atoms with Crippen molar-refractivity contribution in [3.05, 3.63) is 58.1 Å². The molecule has 1 aliphatic heterocycles. The van der Waals surface area contributed by atoms with Crippen LogP contribution in [0.1, 0.15) is 29.7 Å². The molecule has 4 heteroatoms. The second-order valence-electron chi connectivity index (χ2n) is 6.86. The zero-order valence-electron chi connectivity index (χ0n) is 15.6. The van der Waals surface area contributed by atoms with Crippen molar-refractivity contribution in [1.82, 2.24) is 4.90 Å². The summed E-state index contributed by atoms with van der Waals surface area (Å²) in [6.07, 6.45) is 0. The molecular formula is C21H27ClN2O. The molecule has 1 heterocycles. The summed E-state index contributed by atoms with van der Waals surface area (Å²) in [5, 5.41) is 0.839. The monoisotopic (exact) mass is 358 g/mol. The molecule has 0 aliphatic carbocycles. The SMILES string of the molecule is COc1ccc(C(C)N2CCN(c3ccc(Cl)c(C)c3)CC2)cc1C. The van der Waals surface area contributed by atoms with Crippen LogP contribution in [0.3, 0.4) is 0 Å². The molecule has 1 unspecified atom stereocenters. The number of benzene rings is 2. The van der Waals surface area contributed by atoms with Gasteiger partial charge in [0.05, 0.1) is 7.11 Å². The van der Waals surface area contributed by atoms with E-state index in [1.807, 2.05) is 6.07 Å². The van der Waals surface area contributed by atoms with Crippen molar-refractivity contribution in [3.63, 3.8) is 0 Å². The second kappa shape index (κ2) is 7.67. The van der Waals surface area contributed by atoms with Gasteiger partial charge in [-0.1, -0.05) is 23.7 Å². The summed E-state index contributed by atoms with van der Waals surface area (Å²) in [6, 6.07) is 13.2. The third kappa shape index (κ3) is 3.94. The Hall–Kier alpha value is -1.71. The van der Waals surface area contributed by atoms with Gasteiger partial charge in [-0.2, -0.15) is 0 Å². The summed E-state index contributed by atoms with van der Waals surface area (Å²) in [6.45, 7) is 10.7. The summed E-state index contributed by atoms with van der Waals surface area (Å²) in [5.74, 6) is 0.957. The van der Waals surface area contributed by atoms with Crippen LogP contribution in [-0.4, -0.2) is 38.2 Å². The summed E-state index contributed by atoms with van der Waals surface area (Å²) >= 11 is 6.15. The average molecular weight is 359 g/mol. The molecule has 3 nitrogen and oxygen atoms in total. The van der Waals surface area contributed by atoms with Crippen LogP contribution in [0.5, 0.6) is 5.75 Å². The van der Waals surface area contributed by atoms with E-state index in [-0.39, 0.29) is 0 Å². The van der Waals surface area contributed by atoms with E-state index in [2.05, 4.69) is 60.9 Å². The number of aryl methyl sites for hydroxylation is 2. The molecule has 0 amide bonds. The number of hydrogen-bond acceptors (Lipinski definition) is 3. The Kier molecular flexibility index (Phi) is 5.55. The minimum atomic E-state index is 0.415. The molecule has 25 heavy (non-hydrogen) atoms. The Morgan fingerprint density at radius 3 is 2.28 bits per heavy atom. The largest absolute Gasteiger partial charge is 0.496 e. The number of anilines is 1. The number of piperazine rings is 1. The van der Waals surface area contributed by atoms with Gasteiger partial charge in [-0.15, -0.1) is 0 Å². The van der Waals surface area contributed by atoms with Crippen LogP contribution in [0.15, 0.2) is 36.4 Å². The maximum absolute atomic E-state index is 6.15. The molecule has 1 aliphatic rings. The van der Waals surface area contributed by atoms with Crippen molar-refractivity contribution in [2.24, 2.45) is 0 Å². The molecule has 0 N–H and O–H groups in total. The van der Waals surface area contributed by atoms with Gasteiger partial charge >= 0.3 is 0 Å². The summed E-state index contributed by atoms with van der Waals surface area (Å²) in [5.41, 5.74) is 4.97. The average Bonchev–Trinajstić information content (AvgIpc) is 2.63. The fourth-order valence-corrected chi connectivity index (χ4v) is 3.68. The lowest BCUT2D eigenvalue weighted by Crippen LogP contribution is -2.47. The highest BCUT2D eigenvalue weighted by molar-refractivity contribution is 6.31. The van der Waals surface area contributed by atoms with Gasteiger partial charge in [-0.3, -0.25) is 4.90 Å². The Labute approximate surface area is 156 Å². The Balaban J connectivity index is 1.65. The van der Waals surface area contributed by atoms with Crippen LogP contribution >= 0.6 is 11.6 Å². The van der Waals surface area contributed by atoms with Crippen molar-refractivity contribution >= 4 is 17.3 Å². The molecule has 134 valence electrons. The quantitative estimate of drug-likeness (QED) is 0.777. The minimum absolute atomic E-state index is 0.415. The fourth-order valence-electron chi connectivity index (χ4n) is 3.57. The van der Waals surface area contributed by atoms with Crippen molar-refractivity contribution in [1.29, 1.82) is 0 Å². The Morgan fingerprint density at radius 1 is 0.960 bits per heavy atom. The lowest BCUT2D eigenvalue weighted by Gasteiger charge is -2.39. The number of halogens is 1. The van der Waals surface area contributed by atoms with Crippen LogP contribution in [-0.2, 0) is 0 Å². The summed E-state index contributed by atoms with van der Waals surface area (Å²) in [7, 11) is 1.73. The molecule has 0 bridgehead atoms. The highest BCUT2D eigenvalue weighted by Crippen LogP contribution is 2.28. The third-order valence-corrected chi connectivity index (χ3v) is 5.69. The van der Waals surface area contributed by atoms with Crippen molar-refractivity contribution in [2.45, 2.75) is 26.8 Å². The van der Waals surface area contributed by atoms with Crippen molar-refractivity contribution in [3.8, 4) is 5.75 Å². The first-order valence-electron chi connectivity index (χ1n) is 8.89. The van der Waals surface area contributed by atoms with E-state index in [1.165, 1.54) is 16.8 Å². The van der Waals surface area contributed by atoms with Gasteiger partial charge in [-0.05, 0) is 61.7 Å². The molecule has 1 fully saturated rings. The number of methoxy groups -OCH3 is 1. The maximum Gasteiger partial charge on any atom is 0.121 e. The molecule has 0 saturated carbocycles. The number of nitrogens with zero attached hydrogens (tertiary/aromatic N) is 2. The van der Waals surface area contributed by atoms with Gasteiger partial charge in [0.25, 0.3) is 0 Å². The number of hydrogen-bond donors (Lipinski definition) is 0. The first-order chi connectivity index (χ1) is 12.0. The van der Waals surface area contributed by atoms with Crippen LogP contribution < -0.4 is 9.64 Å². The topological polar surface area (TPSA) is 15.7 Å². The van der Waals surface area contributed by atoms with Crippen LogP contribution in [0.25, 0.3) is 0 Å². The van der Waals surface area contributed by atoms with E-state index in [9.17, 15) is 0 Å². The van der Waals surface area contributed by atoms with E-state index in [4.69, 9.17) is 16.3 Å². The first kappa shape index (κ1) is 18.1. The molecule has 0 aromatic heterocycles. The lowest BCUT2D eigenvalue weighted by molar-refractivity contribution is 0.198. The predicted octanol–water partition coefficient (Wildman–Crippen LogP) is 4.85. The molecular weight excluding hydrogens is 332 g/mol. The van der Waals surface area contributed by atoms with Gasteiger partial charge in [0, 0.05) is 42.9 Å². The maximum atomic E-state index is 6.15. The summed E-state index contributed by atoms with van der Waals surface area (Å²) < 4.78 is 5.38. The van der Waals surface area contributed by atoms with Gasteiger partial charge in [0.1, 0.15) is 5.75 Å². The number of ether oxygens (including phenoxy) is 1. The molecule has 1 atom stereocenters. The molecule has 3 rings (SSSR count). The van der Waals surface area contributed by atoms with E-state index < -0.39 is 0 Å². The van der Waals surface area contributed by atoms with E-state index >= 15 is 0 Å². The van der Waals surface area contributed by atoms with Crippen LogP contribution in [0, 0.1) is 13.8 Å². The van der Waals surface area contributed by atoms with Crippen molar-refractivity contribution in [2.75, 3.05) is 38.2 Å². The standard InChI is InChI=1S/C21H27ClN2O/c1-15-14-19(6-7-20(15)22)24-11-9-23(10-12-24)17(3)18-5-8-21(25-4)16(2)13-18/h5-8,13-14,17H,9-12H2,1-4H3. The molecule has 0 radical (unpaired) electrons. The smallest absolute Gasteiger partial charge is 0.121 e. The molecule has 2 aromatic carbocycles. The van der Waals surface area contributed by atoms with E-state index in [0.717, 1.165) is 42.5 Å².